The minimum Gasteiger partial charge on any atom is -0.493 e. The number of methoxy groups -OCH3 is 2. The van der Waals surface area contributed by atoms with E-state index in [1.807, 2.05) is 12.2 Å². The minimum absolute atomic E-state index is 0.0189. The Bertz CT molecular complexity index is 1040. The normalized spacial score (nSPS) is 26.5. The van der Waals surface area contributed by atoms with Crippen LogP contribution in [-0.2, 0) is 19.1 Å². The van der Waals surface area contributed by atoms with E-state index in [0.717, 1.165) is 17.5 Å². The van der Waals surface area contributed by atoms with Crippen LogP contribution in [0, 0.1) is 33.8 Å². The van der Waals surface area contributed by atoms with Crippen LogP contribution in [0.1, 0.15) is 18.9 Å². The van der Waals surface area contributed by atoms with Crippen LogP contribution >= 0.6 is 0 Å². The number of carbonyl (C=O) groups excluding carboxylic acids is 3. The number of hydrogen-bond donors (Lipinski definition) is 0. The molecule has 0 N–H and O–H groups in total. The van der Waals surface area contributed by atoms with E-state index < -0.39 is 34.5 Å². The standard InChI is InChI=1S/C21H21N3O8/c1-10(21(27)31-3)32-18-14(24(28)29)6-11(7-15(18)30-2)9-22-23-19(25)16-12-4-5-13(8-12)17(16)20(23)26/h4-7,9-10,12-13,16-17H,8H2,1-3H3. The van der Waals surface area contributed by atoms with Crippen LogP contribution in [-0.4, -0.2) is 54.3 Å². The van der Waals surface area contributed by atoms with Crippen molar-refractivity contribution >= 4 is 29.7 Å². The second kappa shape index (κ2) is 8.06. The molecule has 0 radical (unpaired) electrons. The Hall–Kier alpha value is -3.76. The first-order chi connectivity index (χ1) is 15.3. The second-order valence-electron chi connectivity index (χ2n) is 7.84. The van der Waals surface area contributed by atoms with E-state index in [9.17, 15) is 24.5 Å². The Labute approximate surface area is 182 Å². The van der Waals surface area contributed by atoms with Crippen molar-refractivity contribution in [2.24, 2.45) is 28.8 Å². The summed E-state index contributed by atoms with van der Waals surface area (Å²) in [5.74, 6) is -2.39. The second-order valence-corrected chi connectivity index (χ2v) is 7.84. The number of nitro groups is 1. The zero-order valence-corrected chi connectivity index (χ0v) is 17.6. The Morgan fingerprint density at radius 2 is 1.84 bits per heavy atom. The molecule has 1 aliphatic heterocycles. The van der Waals surface area contributed by atoms with E-state index in [1.54, 1.807) is 0 Å². The molecule has 1 heterocycles. The molecule has 1 aromatic carbocycles. The van der Waals surface area contributed by atoms with Crippen molar-refractivity contribution in [3.8, 4) is 11.5 Å². The summed E-state index contributed by atoms with van der Waals surface area (Å²) in [5.41, 5.74) is -0.259. The molecule has 4 rings (SSSR count). The quantitative estimate of drug-likeness (QED) is 0.155. The Morgan fingerprint density at radius 3 is 2.38 bits per heavy atom. The van der Waals surface area contributed by atoms with Gasteiger partial charge in [0.05, 0.1) is 37.2 Å². The number of imide groups is 1. The summed E-state index contributed by atoms with van der Waals surface area (Å²) in [6.45, 7) is 1.38. The average Bonchev–Trinajstić information content (AvgIpc) is 3.46. The predicted molar refractivity (Wildman–Crippen MR) is 109 cm³/mol. The number of ether oxygens (including phenoxy) is 3. The number of hydrazone groups is 1. The third-order valence-corrected chi connectivity index (χ3v) is 6.07. The molecular formula is C21H21N3O8. The van der Waals surface area contributed by atoms with Gasteiger partial charge in [-0.3, -0.25) is 19.7 Å². The molecule has 2 amide bonds. The van der Waals surface area contributed by atoms with Gasteiger partial charge < -0.3 is 14.2 Å². The highest BCUT2D eigenvalue weighted by molar-refractivity contribution is 6.06. The summed E-state index contributed by atoms with van der Waals surface area (Å²) in [6.07, 6.45) is 4.84. The van der Waals surface area contributed by atoms with E-state index in [0.29, 0.717) is 0 Å². The lowest BCUT2D eigenvalue weighted by atomic mass is 9.85. The topological polar surface area (TPSA) is 138 Å². The number of nitro benzene ring substituents is 1. The number of nitrogens with zero attached hydrogens (tertiary/aromatic N) is 3. The van der Waals surface area contributed by atoms with Crippen LogP contribution in [0.2, 0.25) is 0 Å². The number of esters is 1. The van der Waals surface area contributed by atoms with Crippen molar-refractivity contribution in [2.45, 2.75) is 19.4 Å². The van der Waals surface area contributed by atoms with Gasteiger partial charge in [0.15, 0.2) is 11.9 Å². The van der Waals surface area contributed by atoms with Crippen molar-refractivity contribution in [3.63, 3.8) is 0 Å². The maximum absolute atomic E-state index is 12.7. The van der Waals surface area contributed by atoms with Crippen molar-refractivity contribution in [2.75, 3.05) is 14.2 Å². The first-order valence-electron chi connectivity index (χ1n) is 9.97. The lowest BCUT2D eigenvalue weighted by Gasteiger charge is -2.16. The van der Waals surface area contributed by atoms with Gasteiger partial charge in [0.2, 0.25) is 5.75 Å². The number of rotatable bonds is 7. The lowest BCUT2D eigenvalue weighted by Crippen LogP contribution is -2.28. The van der Waals surface area contributed by atoms with Crippen LogP contribution in [0.15, 0.2) is 29.4 Å². The highest BCUT2D eigenvalue weighted by atomic mass is 16.6. The SMILES string of the molecule is COC(=O)C(C)Oc1c(OC)cc(C=NN2C(=O)C3C4C=CC(C4)C3C2=O)cc1[N+](=O)[O-]. The van der Waals surface area contributed by atoms with Gasteiger partial charge in [-0.25, -0.2) is 4.79 Å². The average molecular weight is 443 g/mol. The molecule has 1 saturated carbocycles. The van der Waals surface area contributed by atoms with Gasteiger partial charge in [-0.15, -0.1) is 0 Å². The fourth-order valence-electron chi connectivity index (χ4n) is 4.60. The van der Waals surface area contributed by atoms with E-state index in [2.05, 4.69) is 9.84 Å². The summed E-state index contributed by atoms with van der Waals surface area (Å²) in [6, 6.07) is 2.55. The maximum Gasteiger partial charge on any atom is 0.346 e. The Balaban J connectivity index is 1.62. The highest BCUT2D eigenvalue weighted by Crippen LogP contribution is 2.52. The van der Waals surface area contributed by atoms with Gasteiger partial charge in [0.25, 0.3) is 11.8 Å². The molecule has 5 atom stereocenters. The summed E-state index contributed by atoms with van der Waals surface area (Å²) in [5, 5.41) is 16.5. The van der Waals surface area contributed by atoms with E-state index >= 15 is 0 Å². The van der Waals surface area contributed by atoms with E-state index in [4.69, 9.17) is 9.47 Å². The number of hydrogen-bond acceptors (Lipinski definition) is 9. The zero-order valence-electron chi connectivity index (χ0n) is 17.6. The van der Waals surface area contributed by atoms with Crippen LogP contribution in [0.5, 0.6) is 11.5 Å². The zero-order chi connectivity index (χ0) is 23.2. The third-order valence-electron chi connectivity index (χ3n) is 6.07. The summed E-state index contributed by atoms with van der Waals surface area (Å²) >= 11 is 0. The van der Waals surface area contributed by atoms with Gasteiger partial charge in [-0.2, -0.15) is 10.1 Å². The fourth-order valence-corrected chi connectivity index (χ4v) is 4.60. The molecular weight excluding hydrogens is 422 g/mol. The first kappa shape index (κ1) is 21.5. The van der Waals surface area contributed by atoms with Crippen molar-refractivity contribution in [3.05, 3.63) is 40.0 Å². The molecule has 1 saturated heterocycles. The molecule has 2 aliphatic carbocycles. The van der Waals surface area contributed by atoms with E-state index in [1.165, 1.54) is 33.4 Å². The number of amides is 2. The summed E-state index contributed by atoms with van der Waals surface area (Å²) < 4.78 is 15.2. The molecule has 0 spiro atoms. The molecule has 0 aromatic heterocycles. The lowest BCUT2D eigenvalue weighted by molar-refractivity contribution is -0.386. The van der Waals surface area contributed by atoms with Gasteiger partial charge in [-0.05, 0) is 31.2 Å². The van der Waals surface area contributed by atoms with Gasteiger partial charge in [0.1, 0.15) is 0 Å². The monoisotopic (exact) mass is 443 g/mol. The molecule has 1 aromatic rings. The van der Waals surface area contributed by atoms with Crippen LogP contribution in [0.3, 0.4) is 0 Å². The third kappa shape index (κ3) is 3.39. The molecule has 168 valence electrons. The first-order valence-corrected chi connectivity index (χ1v) is 9.97. The molecule has 3 aliphatic rings. The smallest absolute Gasteiger partial charge is 0.346 e. The summed E-state index contributed by atoms with van der Waals surface area (Å²) in [7, 11) is 2.46. The molecule has 2 bridgehead atoms. The highest BCUT2D eigenvalue weighted by Gasteiger charge is 2.59. The molecule has 5 unspecified atom stereocenters. The Morgan fingerprint density at radius 1 is 1.22 bits per heavy atom. The number of fused-ring (bicyclic) bond motifs is 5. The molecule has 2 fully saturated rings. The number of allylic oxidation sites excluding steroid dienone is 2. The number of carbonyl (C=O) groups is 3. The van der Waals surface area contributed by atoms with Crippen LogP contribution < -0.4 is 9.47 Å². The molecule has 11 nitrogen and oxygen atoms in total. The fraction of sp³-hybridized carbons (Fsp3) is 0.429. The van der Waals surface area contributed by atoms with Crippen molar-refractivity contribution in [1.82, 2.24) is 5.01 Å². The van der Waals surface area contributed by atoms with Crippen LogP contribution in [0.25, 0.3) is 0 Å². The summed E-state index contributed by atoms with van der Waals surface area (Å²) in [4.78, 5) is 48.1. The van der Waals surface area contributed by atoms with Crippen LogP contribution in [0.4, 0.5) is 5.69 Å². The number of benzene rings is 1. The van der Waals surface area contributed by atoms with Crippen molar-refractivity contribution in [1.29, 1.82) is 0 Å². The largest absolute Gasteiger partial charge is 0.493 e. The van der Waals surface area contributed by atoms with Crippen molar-refractivity contribution < 1.29 is 33.5 Å². The molecule has 11 heteroatoms. The Kier molecular flexibility index (Phi) is 5.41. The van der Waals surface area contributed by atoms with Gasteiger partial charge >= 0.3 is 11.7 Å². The van der Waals surface area contributed by atoms with Gasteiger partial charge in [-0.1, -0.05) is 12.2 Å². The van der Waals surface area contributed by atoms with Gasteiger partial charge in [0, 0.05) is 11.6 Å². The maximum atomic E-state index is 12.7. The minimum atomic E-state index is -1.12. The van der Waals surface area contributed by atoms with E-state index in [-0.39, 0.29) is 40.7 Å². The molecule has 32 heavy (non-hydrogen) atoms. The predicted octanol–water partition coefficient (Wildman–Crippen LogP) is 1.68.